The van der Waals surface area contributed by atoms with E-state index in [0.717, 1.165) is 0 Å². The first kappa shape index (κ1) is 35.3. The van der Waals surface area contributed by atoms with Gasteiger partial charge in [0.25, 0.3) is 6.45 Å². The van der Waals surface area contributed by atoms with Crippen molar-refractivity contribution in [3.05, 3.63) is 29.8 Å². The molecule has 1 aromatic rings. The highest BCUT2D eigenvalue weighted by molar-refractivity contribution is 8.00. The lowest BCUT2D eigenvalue weighted by atomic mass is 10.0. The van der Waals surface area contributed by atoms with Gasteiger partial charge in [-0.3, -0.25) is 33.7 Å². The van der Waals surface area contributed by atoms with Crippen molar-refractivity contribution in [1.29, 1.82) is 0 Å². The van der Waals surface area contributed by atoms with Crippen LogP contribution in [-0.4, -0.2) is 83.6 Å². The number of primary amides is 1. The molecule has 14 nitrogen and oxygen atoms in total. The van der Waals surface area contributed by atoms with Gasteiger partial charge in [-0.15, -0.1) is 0 Å². The number of thioether (sulfide) groups is 1. The van der Waals surface area contributed by atoms with E-state index < -0.39 is 36.4 Å². The maximum Gasteiger partial charge on any atom is 0.312 e. The number of urea groups is 1. The molecule has 0 aromatic heterocycles. The highest BCUT2D eigenvalue weighted by Gasteiger charge is 2.37. The predicted molar refractivity (Wildman–Crippen MR) is 169 cm³/mol. The summed E-state index contributed by atoms with van der Waals surface area (Å²) in [6.07, 6.45) is 3.18. The van der Waals surface area contributed by atoms with E-state index in [1.807, 2.05) is 0 Å². The number of nitrogens with zero attached hydrogens (tertiary/aromatic N) is 1. The van der Waals surface area contributed by atoms with Gasteiger partial charge in [0.05, 0.1) is 5.25 Å². The molecular weight excluding hydrogens is 604 g/mol. The first-order valence-corrected chi connectivity index (χ1v) is 16.1. The molecule has 6 N–H and O–H groups in total. The number of carbonyl (C=O) groups is 7. The summed E-state index contributed by atoms with van der Waals surface area (Å²) >= 11 is 1.36. The fraction of sp³-hybridized carbons (Fsp3) is 0.567. The molecule has 1 aliphatic heterocycles. The number of nitrogens with two attached hydrogens (primary N) is 1. The molecule has 0 aliphatic carbocycles. The minimum atomic E-state index is -1.16. The molecule has 1 unspecified atom stereocenters. The Morgan fingerprint density at radius 1 is 1.09 bits per heavy atom. The van der Waals surface area contributed by atoms with Gasteiger partial charge in [0.15, 0.2) is 1.37 Å². The summed E-state index contributed by atoms with van der Waals surface area (Å²) in [4.78, 5) is 86.6. The Morgan fingerprint density at radius 2 is 1.80 bits per heavy atom. The van der Waals surface area contributed by atoms with Crippen LogP contribution in [0.15, 0.2) is 24.3 Å². The minimum absolute atomic E-state index is 0.0935. The van der Waals surface area contributed by atoms with E-state index >= 15 is 0 Å². The molecule has 1 heterocycles. The standard InChI is InChI=1S/C30H44N6O8S/c1-19(2)26(35-24(38)9-5-4-6-15-36-25(39)16-23(45-3)29(36)42)28(41)34-22(8-7-14-32-30(31)43)27(40)33-21-12-10-20(11-13-21)17-44-18-37/h10-13,18-19,22-23,26H,4-9,14-17H2,1-3H3,(H,33,40)(H,34,41)(H,35,38)(H3,31,32,43)/t22-,23?,26-/m0/s1/i18D. The summed E-state index contributed by atoms with van der Waals surface area (Å²) < 4.78 is 11.5. The molecule has 45 heavy (non-hydrogen) atoms. The number of unbranched alkanes of at least 4 members (excludes halogenated alkanes) is 2. The van der Waals surface area contributed by atoms with Crippen LogP contribution in [0.25, 0.3) is 0 Å². The number of hydrogen-bond donors (Lipinski definition) is 5. The Labute approximate surface area is 268 Å². The SMILES string of the molecule is [2H]C(=O)OCc1ccc(NC(=O)[C@H](CCCNC(N)=O)NC(=O)[C@@H](NC(=O)CCCCCN2C(=O)CC(SC)C2=O)C(C)C)cc1. The van der Waals surface area contributed by atoms with Gasteiger partial charge in [-0.05, 0) is 55.6 Å². The fourth-order valence-corrected chi connectivity index (χ4v) is 5.30. The van der Waals surface area contributed by atoms with Crippen molar-refractivity contribution in [3.8, 4) is 0 Å². The summed E-state index contributed by atoms with van der Waals surface area (Å²) in [7, 11) is 0. The average Bonchev–Trinajstić information content (AvgIpc) is 3.28. The first-order chi connectivity index (χ1) is 21.8. The molecule has 15 heteroatoms. The lowest BCUT2D eigenvalue weighted by Crippen LogP contribution is -2.54. The number of anilines is 1. The normalized spacial score (nSPS) is 16.0. The number of likely N-dealkylation sites (tertiary alicyclic amines) is 1. The van der Waals surface area contributed by atoms with Crippen LogP contribution in [0.4, 0.5) is 10.5 Å². The average molecular weight is 650 g/mol. The van der Waals surface area contributed by atoms with Crippen molar-refractivity contribution in [3.63, 3.8) is 0 Å². The number of ether oxygens (including phenoxy) is 1. The fourth-order valence-electron chi connectivity index (χ4n) is 4.66. The largest absolute Gasteiger partial charge is 0.463 e. The summed E-state index contributed by atoms with van der Waals surface area (Å²) in [6.45, 7) is 3.94. The van der Waals surface area contributed by atoms with Crippen molar-refractivity contribution in [2.75, 3.05) is 24.7 Å². The Morgan fingerprint density at radius 3 is 2.40 bits per heavy atom. The monoisotopic (exact) mass is 649 g/mol. The molecule has 0 radical (unpaired) electrons. The van der Waals surface area contributed by atoms with Crippen LogP contribution in [0.5, 0.6) is 0 Å². The lowest BCUT2D eigenvalue weighted by molar-refractivity contribution is -0.138. The Bertz CT molecular complexity index is 1250. The van der Waals surface area contributed by atoms with E-state index in [0.29, 0.717) is 43.5 Å². The van der Waals surface area contributed by atoms with Gasteiger partial charge in [0.1, 0.15) is 18.7 Å². The third-order valence-corrected chi connectivity index (χ3v) is 8.10. The molecule has 1 saturated heterocycles. The van der Waals surface area contributed by atoms with E-state index in [-0.39, 0.29) is 61.3 Å². The van der Waals surface area contributed by atoms with Gasteiger partial charge in [-0.1, -0.05) is 32.4 Å². The number of carbonyl (C=O) groups excluding carboxylic acids is 7. The van der Waals surface area contributed by atoms with Gasteiger partial charge in [0, 0.05) is 31.6 Å². The second-order valence-electron chi connectivity index (χ2n) is 11.0. The van der Waals surface area contributed by atoms with Crippen LogP contribution in [0.3, 0.4) is 0 Å². The number of benzene rings is 1. The molecule has 248 valence electrons. The van der Waals surface area contributed by atoms with E-state index in [1.165, 1.54) is 16.7 Å². The molecule has 2 rings (SSSR count). The number of imide groups is 1. The Kier molecular flexibility index (Phi) is 15.1. The zero-order chi connectivity index (χ0) is 34.2. The molecule has 3 atom stereocenters. The van der Waals surface area contributed by atoms with Crippen molar-refractivity contribution in [2.24, 2.45) is 11.7 Å². The van der Waals surface area contributed by atoms with Gasteiger partial charge < -0.3 is 31.7 Å². The maximum absolute atomic E-state index is 13.3. The number of amides is 7. The molecule has 7 amide bonds. The van der Waals surface area contributed by atoms with Crippen molar-refractivity contribution in [1.82, 2.24) is 20.9 Å². The molecular formula is C30H44N6O8S. The summed E-state index contributed by atoms with van der Waals surface area (Å²) in [6, 6.07) is 3.74. The number of rotatable bonds is 19. The highest BCUT2D eigenvalue weighted by atomic mass is 32.2. The van der Waals surface area contributed by atoms with E-state index in [9.17, 15) is 33.6 Å². The van der Waals surface area contributed by atoms with E-state index in [2.05, 4.69) is 26.0 Å². The maximum atomic E-state index is 13.3. The van der Waals surface area contributed by atoms with Gasteiger partial charge in [-0.25, -0.2) is 4.79 Å². The quantitative estimate of drug-likeness (QED) is 0.0833. The Hall–Kier alpha value is -4.14. The van der Waals surface area contributed by atoms with Crippen LogP contribution < -0.4 is 27.0 Å². The van der Waals surface area contributed by atoms with Crippen molar-refractivity contribution >= 4 is 59.5 Å². The summed E-state index contributed by atoms with van der Waals surface area (Å²) in [5, 5.41) is 10.3. The highest BCUT2D eigenvalue weighted by Crippen LogP contribution is 2.23. The van der Waals surface area contributed by atoms with E-state index in [4.69, 9.17) is 7.10 Å². The molecule has 0 spiro atoms. The van der Waals surface area contributed by atoms with Gasteiger partial charge >= 0.3 is 6.03 Å². The smallest absolute Gasteiger partial charge is 0.312 e. The van der Waals surface area contributed by atoms with Crippen LogP contribution in [0, 0.1) is 5.92 Å². The Balaban J connectivity index is 1.93. The van der Waals surface area contributed by atoms with Crippen LogP contribution >= 0.6 is 11.8 Å². The van der Waals surface area contributed by atoms with Crippen LogP contribution in [0.1, 0.15) is 65.7 Å². The van der Waals surface area contributed by atoms with Crippen molar-refractivity contribution < 1.29 is 39.7 Å². The zero-order valence-electron chi connectivity index (χ0n) is 26.9. The summed E-state index contributed by atoms with van der Waals surface area (Å²) in [5.74, 6) is -2.05. The predicted octanol–water partition coefficient (Wildman–Crippen LogP) is 1.42. The molecule has 0 bridgehead atoms. The second kappa shape index (κ2) is 19.3. The topological polar surface area (TPSA) is 206 Å². The zero-order valence-corrected chi connectivity index (χ0v) is 26.7. The van der Waals surface area contributed by atoms with E-state index in [1.54, 1.807) is 44.4 Å². The molecule has 0 saturated carbocycles. The molecule has 1 aliphatic rings. The number of nitrogens with one attached hydrogen (secondary N) is 4. The second-order valence-corrected chi connectivity index (χ2v) is 12.0. The summed E-state index contributed by atoms with van der Waals surface area (Å²) in [5.41, 5.74) is 6.14. The third kappa shape index (κ3) is 12.8. The number of hydrogen-bond acceptors (Lipinski definition) is 9. The van der Waals surface area contributed by atoms with Gasteiger partial charge in [0.2, 0.25) is 29.5 Å². The van der Waals surface area contributed by atoms with Crippen LogP contribution in [0.2, 0.25) is 0 Å². The third-order valence-electron chi connectivity index (χ3n) is 7.16. The van der Waals surface area contributed by atoms with Crippen molar-refractivity contribution in [2.45, 2.75) is 82.7 Å². The van der Waals surface area contributed by atoms with Crippen LogP contribution in [-0.2, 0) is 40.1 Å². The molecule has 1 fully saturated rings. The van der Waals surface area contributed by atoms with Gasteiger partial charge in [-0.2, -0.15) is 11.8 Å². The molecule has 1 aromatic carbocycles. The lowest BCUT2D eigenvalue weighted by Gasteiger charge is -2.25. The first-order valence-electron chi connectivity index (χ1n) is 15.4. The minimum Gasteiger partial charge on any atom is -0.463 e.